The second-order valence-corrected chi connectivity index (χ2v) is 7.52. The number of thiophene rings is 1. The lowest BCUT2D eigenvalue weighted by molar-refractivity contribution is 0.477. The average molecular weight is 276 g/mol. The van der Waals surface area contributed by atoms with Crippen LogP contribution in [0.25, 0.3) is 0 Å². The van der Waals surface area contributed by atoms with Crippen LogP contribution in [0.3, 0.4) is 0 Å². The molecule has 6 heteroatoms. The summed E-state index contributed by atoms with van der Waals surface area (Å²) in [5.41, 5.74) is 5.44. The zero-order chi connectivity index (χ0) is 13.1. The van der Waals surface area contributed by atoms with Gasteiger partial charge in [0.1, 0.15) is 4.21 Å². The van der Waals surface area contributed by atoms with E-state index in [0.29, 0.717) is 10.8 Å². The minimum Gasteiger partial charge on any atom is -0.330 e. The molecule has 98 valence electrons. The molecular weight excluding hydrogens is 256 g/mol. The number of hydrogen-bond donors (Lipinski definition) is 2. The third-order valence-corrected chi connectivity index (χ3v) is 5.83. The van der Waals surface area contributed by atoms with Crippen molar-refractivity contribution >= 4 is 21.4 Å². The van der Waals surface area contributed by atoms with Gasteiger partial charge in [-0.05, 0) is 37.9 Å². The first-order valence-corrected chi connectivity index (χ1v) is 7.98. The van der Waals surface area contributed by atoms with Crippen molar-refractivity contribution in [3.8, 4) is 0 Å². The Kier molecular flexibility index (Phi) is 5.12. The first kappa shape index (κ1) is 14.6. The maximum absolute atomic E-state index is 12.0. The van der Waals surface area contributed by atoms with Gasteiger partial charge >= 0.3 is 0 Å². The molecule has 0 saturated heterocycles. The number of hydrogen-bond acceptors (Lipinski definition) is 4. The Balaban J connectivity index is 2.82. The van der Waals surface area contributed by atoms with Crippen molar-refractivity contribution < 1.29 is 8.42 Å². The molecule has 3 N–H and O–H groups in total. The smallest absolute Gasteiger partial charge is 0.250 e. The molecule has 1 aromatic rings. The lowest BCUT2D eigenvalue weighted by Crippen LogP contribution is -2.35. The van der Waals surface area contributed by atoms with Crippen LogP contribution in [0, 0.1) is 5.92 Å². The highest BCUT2D eigenvalue weighted by Crippen LogP contribution is 2.22. The Morgan fingerprint density at radius 2 is 2.00 bits per heavy atom. The van der Waals surface area contributed by atoms with Gasteiger partial charge in [0.05, 0.1) is 0 Å². The fourth-order valence-electron chi connectivity index (χ4n) is 1.22. The molecule has 17 heavy (non-hydrogen) atoms. The van der Waals surface area contributed by atoms with E-state index in [2.05, 4.69) is 4.72 Å². The van der Waals surface area contributed by atoms with Gasteiger partial charge in [0.2, 0.25) is 10.0 Å². The van der Waals surface area contributed by atoms with Gasteiger partial charge in [-0.15, -0.1) is 11.3 Å². The first-order chi connectivity index (χ1) is 7.86. The first-order valence-electron chi connectivity index (χ1n) is 5.68. The van der Waals surface area contributed by atoms with E-state index >= 15 is 0 Å². The van der Waals surface area contributed by atoms with Crippen LogP contribution in [0.2, 0.25) is 0 Å². The molecule has 4 nitrogen and oxygen atoms in total. The standard InChI is InChI=1S/C11H20N2O2S2/c1-8(2)9(3)13-17(14,15)11-5-4-10(16-11)6-7-12/h4-5,8-9,13H,6-7,12H2,1-3H3. The van der Waals surface area contributed by atoms with Crippen LogP contribution in [-0.4, -0.2) is 21.0 Å². The molecule has 0 aliphatic carbocycles. The molecule has 0 radical (unpaired) electrons. The third-order valence-electron chi connectivity index (χ3n) is 2.63. The Morgan fingerprint density at radius 1 is 1.35 bits per heavy atom. The van der Waals surface area contributed by atoms with Gasteiger partial charge in [0, 0.05) is 10.9 Å². The fourth-order valence-corrected chi connectivity index (χ4v) is 4.00. The van der Waals surface area contributed by atoms with Crippen molar-refractivity contribution in [3.63, 3.8) is 0 Å². The van der Waals surface area contributed by atoms with E-state index in [-0.39, 0.29) is 12.0 Å². The van der Waals surface area contributed by atoms with Crippen LogP contribution < -0.4 is 10.5 Å². The van der Waals surface area contributed by atoms with Crippen LogP contribution in [0.1, 0.15) is 25.6 Å². The molecule has 0 aromatic carbocycles. The van der Waals surface area contributed by atoms with E-state index in [1.54, 1.807) is 6.07 Å². The van der Waals surface area contributed by atoms with Gasteiger partial charge < -0.3 is 5.73 Å². The molecule has 0 amide bonds. The molecule has 0 fully saturated rings. The number of sulfonamides is 1. The maximum atomic E-state index is 12.0. The summed E-state index contributed by atoms with van der Waals surface area (Å²) in [4.78, 5) is 1.00. The van der Waals surface area contributed by atoms with Crippen LogP contribution in [0.4, 0.5) is 0 Å². The monoisotopic (exact) mass is 276 g/mol. The van der Waals surface area contributed by atoms with E-state index in [9.17, 15) is 8.42 Å². The van der Waals surface area contributed by atoms with Gasteiger partial charge in [0.15, 0.2) is 0 Å². The van der Waals surface area contributed by atoms with Gasteiger partial charge in [-0.1, -0.05) is 13.8 Å². The predicted molar refractivity (Wildman–Crippen MR) is 71.7 cm³/mol. The number of nitrogens with two attached hydrogens (primary N) is 1. The minimum atomic E-state index is -3.37. The number of rotatable bonds is 6. The van der Waals surface area contributed by atoms with Crippen LogP contribution in [0.5, 0.6) is 0 Å². The molecule has 1 heterocycles. The molecule has 1 rings (SSSR count). The zero-order valence-electron chi connectivity index (χ0n) is 10.4. The summed E-state index contributed by atoms with van der Waals surface area (Å²) < 4.78 is 27.1. The van der Waals surface area contributed by atoms with Gasteiger partial charge in [-0.25, -0.2) is 13.1 Å². The lowest BCUT2D eigenvalue weighted by atomic mass is 10.1. The molecule has 1 aromatic heterocycles. The Hall–Kier alpha value is -0.430. The van der Waals surface area contributed by atoms with Crippen molar-refractivity contribution in [2.45, 2.75) is 37.4 Å². The van der Waals surface area contributed by atoms with Crippen molar-refractivity contribution in [2.24, 2.45) is 11.7 Å². The van der Waals surface area contributed by atoms with E-state index < -0.39 is 10.0 Å². The second-order valence-electron chi connectivity index (χ2n) is 4.41. The van der Waals surface area contributed by atoms with Gasteiger partial charge in [-0.2, -0.15) is 0 Å². The van der Waals surface area contributed by atoms with Crippen LogP contribution >= 0.6 is 11.3 Å². The molecule has 0 aliphatic heterocycles. The molecule has 1 atom stereocenters. The fraction of sp³-hybridized carbons (Fsp3) is 0.636. The zero-order valence-corrected chi connectivity index (χ0v) is 12.1. The summed E-state index contributed by atoms with van der Waals surface area (Å²) in [6, 6.07) is 3.40. The Labute approximate surface area is 107 Å². The lowest BCUT2D eigenvalue weighted by Gasteiger charge is -2.16. The molecule has 0 bridgehead atoms. The highest BCUT2D eigenvalue weighted by molar-refractivity contribution is 7.91. The van der Waals surface area contributed by atoms with Gasteiger partial charge in [-0.3, -0.25) is 0 Å². The Morgan fingerprint density at radius 3 is 2.53 bits per heavy atom. The summed E-state index contributed by atoms with van der Waals surface area (Å²) in [6.07, 6.45) is 0.722. The van der Waals surface area contributed by atoms with Gasteiger partial charge in [0.25, 0.3) is 0 Å². The van der Waals surface area contributed by atoms with Crippen LogP contribution in [-0.2, 0) is 16.4 Å². The summed E-state index contributed by atoms with van der Waals surface area (Å²) in [6.45, 7) is 6.38. The summed E-state index contributed by atoms with van der Waals surface area (Å²) in [5.74, 6) is 0.272. The molecule has 0 aliphatic rings. The van der Waals surface area contributed by atoms with Crippen LogP contribution in [0.15, 0.2) is 16.3 Å². The molecular formula is C11H20N2O2S2. The third kappa shape index (κ3) is 4.06. The van der Waals surface area contributed by atoms with Crippen molar-refractivity contribution in [1.82, 2.24) is 4.72 Å². The quantitative estimate of drug-likeness (QED) is 0.828. The van der Waals surface area contributed by atoms with E-state index in [1.807, 2.05) is 26.8 Å². The van der Waals surface area contributed by atoms with Crippen molar-refractivity contribution in [2.75, 3.05) is 6.54 Å². The highest BCUT2D eigenvalue weighted by Gasteiger charge is 2.20. The molecule has 1 unspecified atom stereocenters. The summed E-state index contributed by atoms with van der Waals surface area (Å²) in [5, 5.41) is 0. The SMILES string of the molecule is CC(C)C(C)NS(=O)(=O)c1ccc(CCN)s1. The highest BCUT2D eigenvalue weighted by atomic mass is 32.2. The van der Waals surface area contributed by atoms with Crippen molar-refractivity contribution in [3.05, 3.63) is 17.0 Å². The summed E-state index contributed by atoms with van der Waals surface area (Å²) >= 11 is 1.29. The normalized spacial score (nSPS) is 14.2. The molecule has 0 saturated carbocycles. The average Bonchev–Trinajstić information content (AvgIpc) is 2.66. The second kappa shape index (κ2) is 5.95. The predicted octanol–water partition coefficient (Wildman–Crippen LogP) is 1.57. The largest absolute Gasteiger partial charge is 0.330 e. The number of nitrogens with one attached hydrogen (secondary N) is 1. The van der Waals surface area contributed by atoms with E-state index in [4.69, 9.17) is 5.73 Å². The topological polar surface area (TPSA) is 72.2 Å². The molecule has 0 spiro atoms. The minimum absolute atomic E-state index is 0.0694. The van der Waals surface area contributed by atoms with E-state index in [1.165, 1.54) is 11.3 Å². The van der Waals surface area contributed by atoms with E-state index in [0.717, 1.165) is 11.3 Å². The van der Waals surface area contributed by atoms with Crippen molar-refractivity contribution in [1.29, 1.82) is 0 Å². The maximum Gasteiger partial charge on any atom is 0.250 e. The summed E-state index contributed by atoms with van der Waals surface area (Å²) in [7, 11) is -3.37. The Bertz CT molecular complexity index is 452.